The van der Waals surface area contributed by atoms with E-state index in [2.05, 4.69) is 0 Å². The molecule has 1 aromatic carbocycles. The Bertz CT molecular complexity index is 823. The van der Waals surface area contributed by atoms with Crippen LogP contribution in [0.4, 0.5) is 0 Å². The lowest BCUT2D eigenvalue weighted by molar-refractivity contribution is -0.130. The number of thioether (sulfide) groups is 1. The smallest absolute Gasteiger partial charge is 0.264 e. The van der Waals surface area contributed by atoms with Crippen LogP contribution in [0.2, 0.25) is 0 Å². The van der Waals surface area contributed by atoms with E-state index in [0.29, 0.717) is 13.1 Å². The predicted octanol–water partition coefficient (Wildman–Crippen LogP) is 4.27. The lowest BCUT2D eigenvalue weighted by Crippen LogP contribution is -2.43. The zero-order valence-electron chi connectivity index (χ0n) is 16.6. The monoisotopic (exact) mass is 418 g/mol. The number of hydrogen-bond donors (Lipinski definition) is 0. The number of thiophene rings is 1. The van der Waals surface area contributed by atoms with Gasteiger partial charge in [-0.05, 0) is 38.3 Å². The molecular weight excluding hydrogens is 392 g/mol. The maximum Gasteiger partial charge on any atom is 0.264 e. The first kappa shape index (κ1) is 20.7. The molecule has 2 atom stereocenters. The minimum Gasteiger partial charge on any atom is -0.496 e. The maximum absolute atomic E-state index is 12.9. The molecule has 0 spiro atoms. The first-order valence-electron chi connectivity index (χ1n) is 9.37. The zero-order valence-corrected chi connectivity index (χ0v) is 18.3. The summed E-state index contributed by atoms with van der Waals surface area (Å²) >= 11 is 3.07. The number of carbonyl (C=O) groups excluding carboxylic acids is 2. The van der Waals surface area contributed by atoms with Gasteiger partial charge in [0.15, 0.2) is 0 Å². The number of amides is 2. The number of ether oxygens (including phenoxy) is 1. The fourth-order valence-electron chi connectivity index (χ4n) is 3.36. The van der Waals surface area contributed by atoms with E-state index in [1.54, 1.807) is 18.9 Å². The van der Waals surface area contributed by atoms with E-state index in [1.807, 2.05) is 72.3 Å². The van der Waals surface area contributed by atoms with Crippen LogP contribution in [-0.2, 0) is 4.79 Å². The number of methoxy groups -OCH3 is 1. The zero-order chi connectivity index (χ0) is 20.3. The minimum absolute atomic E-state index is 0.0196. The number of rotatable bonds is 7. The summed E-state index contributed by atoms with van der Waals surface area (Å²) in [7, 11) is 1.65. The molecule has 0 bridgehead atoms. The molecule has 1 aliphatic rings. The van der Waals surface area contributed by atoms with E-state index in [9.17, 15) is 9.59 Å². The second kappa shape index (κ2) is 9.01. The van der Waals surface area contributed by atoms with Gasteiger partial charge in [-0.15, -0.1) is 23.1 Å². The number of nitrogens with zero attached hydrogens (tertiary/aromatic N) is 2. The van der Waals surface area contributed by atoms with E-state index < -0.39 is 0 Å². The molecule has 150 valence electrons. The molecule has 0 saturated carbocycles. The molecule has 0 N–H and O–H groups in total. The molecule has 3 rings (SSSR count). The van der Waals surface area contributed by atoms with Crippen LogP contribution in [0.15, 0.2) is 41.8 Å². The van der Waals surface area contributed by atoms with Gasteiger partial charge in [0.1, 0.15) is 11.1 Å². The van der Waals surface area contributed by atoms with Gasteiger partial charge in [-0.1, -0.05) is 24.3 Å². The molecule has 2 unspecified atom stereocenters. The standard InChI is InChI=1S/C21H26N2O3S2/c1-14(2)22(20(25)18-10-7-13-27-18)11-12-23-19(24)15(3)28-21(23)16-8-5-6-9-17(16)26-4/h5-10,13-15,21H,11-12H2,1-4H3. The largest absolute Gasteiger partial charge is 0.496 e. The molecule has 0 radical (unpaired) electrons. The van der Waals surface area contributed by atoms with Crippen LogP contribution >= 0.6 is 23.1 Å². The van der Waals surface area contributed by atoms with E-state index in [4.69, 9.17) is 4.74 Å². The molecule has 1 fully saturated rings. The molecule has 5 nitrogen and oxygen atoms in total. The van der Waals surface area contributed by atoms with Crippen molar-refractivity contribution < 1.29 is 14.3 Å². The SMILES string of the molecule is COc1ccccc1C1SC(C)C(=O)N1CCN(C(=O)c1cccs1)C(C)C. The van der Waals surface area contributed by atoms with Crippen molar-refractivity contribution in [1.82, 2.24) is 9.80 Å². The fourth-order valence-corrected chi connectivity index (χ4v) is 5.38. The summed E-state index contributed by atoms with van der Waals surface area (Å²) in [5.74, 6) is 0.904. The van der Waals surface area contributed by atoms with Crippen LogP contribution in [0, 0.1) is 0 Å². The Labute approximate surface area is 174 Å². The van der Waals surface area contributed by atoms with E-state index in [1.165, 1.54) is 11.3 Å². The third kappa shape index (κ3) is 4.20. The van der Waals surface area contributed by atoms with Crippen molar-refractivity contribution >= 4 is 34.9 Å². The highest BCUT2D eigenvalue weighted by Gasteiger charge is 2.39. The summed E-state index contributed by atoms with van der Waals surface area (Å²) in [4.78, 5) is 30.1. The fraction of sp³-hybridized carbons (Fsp3) is 0.429. The van der Waals surface area contributed by atoms with Gasteiger partial charge in [-0.25, -0.2) is 0 Å². The summed E-state index contributed by atoms with van der Waals surface area (Å²) in [6, 6.07) is 11.6. The van der Waals surface area contributed by atoms with Gasteiger partial charge in [-0.2, -0.15) is 0 Å². The molecule has 1 saturated heterocycles. The Morgan fingerprint density at radius 3 is 2.64 bits per heavy atom. The average Bonchev–Trinajstić information content (AvgIpc) is 3.31. The van der Waals surface area contributed by atoms with Crippen LogP contribution in [0.3, 0.4) is 0 Å². The first-order valence-corrected chi connectivity index (χ1v) is 11.2. The average molecular weight is 419 g/mol. The third-order valence-electron chi connectivity index (χ3n) is 4.85. The van der Waals surface area contributed by atoms with Gasteiger partial charge in [0, 0.05) is 24.7 Å². The summed E-state index contributed by atoms with van der Waals surface area (Å²) in [5, 5.41) is 1.69. The van der Waals surface area contributed by atoms with Crippen LogP contribution in [0.5, 0.6) is 5.75 Å². The van der Waals surface area contributed by atoms with Gasteiger partial charge in [-0.3, -0.25) is 9.59 Å². The van der Waals surface area contributed by atoms with Gasteiger partial charge < -0.3 is 14.5 Å². The Morgan fingerprint density at radius 1 is 1.25 bits per heavy atom. The lowest BCUT2D eigenvalue weighted by Gasteiger charge is -2.31. The molecular formula is C21H26N2O3S2. The second-order valence-corrected chi connectivity index (χ2v) is 9.35. The highest BCUT2D eigenvalue weighted by atomic mass is 32.2. The first-order chi connectivity index (χ1) is 13.4. The summed E-state index contributed by atoms with van der Waals surface area (Å²) in [6.07, 6.45) is 0. The molecule has 2 amide bonds. The Balaban J connectivity index is 1.79. The highest BCUT2D eigenvalue weighted by molar-refractivity contribution is 8.01. The topological polar surface area (TPSA) is 49.9 Å². The van der Waals surface area contributed by atoms with Crippen molar-refractivity contribution in [1.29, 1.82) is 0 Å². The van der Waals surface area contributed by atoms with Crippen molar-refractivity contribution in [2.75, 3.05) is 20.2 Å². The quantitative estimate of drug-likeness (QED) is 0.674. The van der Waals surface area contributed by atoms with Crippen LogP contribution < -0.4 is 4.74 Å². The molecule has 0 aliphatic carbocycles. The lowest BCUT2D eigenvalue weighted by atomic mass is 10.1. The molecule has 1 aromatic heterocycles. The molecule has 2 aromatic rings. The van der Waals surface area contributed by atoms with Gasteiger partial charge in [0.25, 0.3) is 5.91 Å². The normalized spacial score (nSPS) is 19.3. The Hall–Kier alpha value is -1.99. The van der Waals surface area contributed by atoms with Crippen molar-refractivity contribution in [2.45, 2.75) is 37.4 Å². The van der Waals surface area contributed by atoms with E-state index in [-0.39, 0.29) is 28.5 Å². The molecule has 2 heterocycles. The van der Waals surface area contributed by atoms with Crippen molar-refractivity contribution in [3.63, 3.8) is 0 Å². The minimum atomic E-state index is -0.115. The number of hydrogen-bond acceptors (Lipinski definition) is 5. The van der Waals surface area contributed by atoms with Gasteiger partial charge in [0.2, 0.25) is 5.91 Å². The molecule has 28 heavy (non-hydrogen) atoms. The maximum atomic E-state index is 12.9. The molecule has 7 heteroatoms. The van der Waals surface area contributed by atoms with Gasteiger partial charge >= 0.3 is 0 Å². The predicted molar refractivity (Wildman–Crippen MR) is 115 cm³/mol. The number of para-hydroxylation sites is 1. The van der Waals surface area contributed by atoms with Crippen LogP contribution in [0.25, 0.3) is 0 Å². The number of carbonyl (C=O) groups is 2. The van der Waals surface area contributed by atoms with Crippen LogP contribution in [-0.4, -0.2) is 53.1 Å². The number of benzene rings is 1. The summed E-state index contributed by atoms with van der Waals surface area (Å²) < 4.78 is 5.51. The summed E-state index contributed by atoms with van der Waals surface area (Å²) in [5.41, 5.74) is 0.994. The third-order valence-corrected chi connectivity index (χ3v) is 7.08. The van der Waals surface area contributed by atoms with Crippen molar-refractivity contribution in [3.8, 4) is 5.75 Å². The van der Waals surface area contributed by atoms with Crippen molar-refractivity contribution in [3.05, 3.63) is 52.2 Å². The van der Waals surface area contributed by atoms with Gasteiger partial charge in [0.05, 0.1) is 17.2 Å². The Kier molecular flexibility index (Phi) is 6.67. The second-order valence-electron chi connectivity index (χ2n) is 6.97. The van der Waals surface area contributed by atoms with E-state index >= 15 is 0 Å². The van der Waals surface area contributed by atoms with E-state index in [0.717, 1.165) is 16.2 Å². The summed E-state index contributed by atoms with van der Waals surface area (Å²) in [6.45, 7) is 6.94. The van der Waals surface area contributed by atoms with Crippen LogP contribution in [0.1, 0.15) is 41.4 Å². The highest BCUT2D eigenvalue weighted by Crippen LogP contribution is 2.45. The Morgan fingerprint density at radius 2 is 2.00 bits per heavy atom. The molecule has 1 aliphatic heterocycles. The van der Waals surface area contributed by atoms with Crippen molar-refractivity contribution in [2.24, 2.45) is 0 Å².